The number of fused-ring (bicyclic) bond motifs is 1. The zero-order valence-corrected chi connectivity index (χ0v) is 29.2. The van der Waals surface area contributed by atoms with Crippen LogP contribution in [0.2, 0.25) is 0 Å². The van der Waals surface area contributed by atoms with Gasteiger partial charge < -0.3 is 10.6 Å². The lowest BCUT2D eigenvalue weighted by Crippen LogP contribution is -2.23. The number of pyridine rings is 1. The van der Waals surface area contributed by atoms with Crippen LogP contribution in [0, 0.1) is 18.3 Å². The Morgan fingerprint density at radius 2 is 1.38 bits per heavy atom. The fourth-order valence-electron chi connectivity index (χ4n) is 4.18. The molecule has 27 heteroatoms. The van der Waals surface area contributed by atoms with Crippen LogP contribution in [0.4, 0.5) is 23.0 Å². The number of nitriles is 1. The van der Waals surface area contributed by atoms with Gasteiger partial charge in [-0.25, -0.2) is 21.8 Å². The van der Waals surface area contributed by atoms with E-state index in [1.54, 1.807) is 0 Å². The maximum Gasteiger partial charge on any atom is 0.397 e. The van der Waals surface area contributed by atoms with Gasteiger partial charge in [0, 0.05) is 29.4 Å². The molecule has 0 saturated carbocycles. The number of benzene rings is 2. The number of nitrogens with one attached hydrogen (secondary N) is 2. The van der Waals surface area contributed by atoms with Crippen molar-refractivity contribution in [3.8, 4) is 6.07 Å². The summed E-state index contributed by atoms with van der Waals surface area (Å²) in [5, 5.41) is 22.3. The predicted molar refractivity (Wildman–Crippen MR) is 172 cm³/mol. The fraction of sp³-hybridized carbons (Fsp3) is 0.304. The van der Waals surface area contributed by atoms with Crippen molar-refractivity contribution in [1.82, 2.24) is 4.98 Å². The van der Waals surface area contributed by atoms with Crippen molar-refractivity contribution in [2.75, 3.05) is 48.4 Å². The average molecular weight is 803 g/mol. The molecule has 22 nitrogen and oxygen atoms in total. The SMILES string of the molecule is Cc1c(C#N)c(NCCS(=O)(=O)CCOS(=O)(=O)O)nc(NCCOS(=O)(=O)O)c1N=Nc1ccc2c(S(=O)(=O)O)cccc2c1S(=O)(=O)O. The van der Waals surface area contributed by atoms with E-state index in [1.165, 1.54) is 6.92 Å². The van der Waals surface area contributed by atoms with Gasteiger partial charge in [0.15, 0.2) is 15.7 Å². The smallest absolute Gasteiger partial charge is 0.368 e. The summed E-state index contributed by atoms with van der Waals surface area (Å²) in [6.45, 7) is -1.02. The lowest BCUT2D eigenvalue weighted by molar-refractivity contribution is 0.278. The molecular weight excluding hydrogens is 777 g/mol. The monoisotopic (exact) mass is 802 g/mol. The van der Waals surface area contributed by atoms with Crippen LogP contribution in [-0.4, -0.2) is 103 Å². The summed E-state index contributed by atoms with van der Waals surface area (Å²) in [6, 6.07) is 7.06. The lowest BCUT2D eigenvalue weighted by atomic mass is 10.1. The van der Waals surface area contributed by atoms with E-state index in [9.17, 15) is 56.5 Å². The Hall–Kier alpha value is -3.95. The Bertz CT molecular complexity index is 2430. The molecule has 0 fully saturated rings. The second-order valence-corrected chi connectivity index (χ2v) is 16.9. The van der Waals surface area contributed by atoms with Crippen molar-refractivity contribution < 1.29 is 68.7 Å². The highest BCUT2D eigenvalue weighted by molar-refractivity contribution is 7.91. The third-order valence-electron chi connectivity index (χ3n) is 6.23. The van der Waals surface area contributed by atoms with Crippen molar-refractivity contribution in [1.29, 1.82) is 5.26 Å². The van der Waals surface area contributed by atoms with Crippen LogP contribution in [0.1, 0.15) is 11.1 Å². The first kappa shape index (κ1) is 40.5. The summed E-state index contributed by atoms with van der Waals surface area (Å²) in [5.41, 5.74) is -1.07. The Morgan fingerprint density at radius 1 is 0.760 bits per heavy atom. The molecule has 2 aromatic carbocycles. The quantitative estimate of drug-likeness (QED) is 0.0634. The summed E-state index contributed by atoms with van der Waals surface area (Å²) in [4.78, 5) is 2.58. The van der Waals surface area contributed by atoms with Crippen LogP contribution in [-0.2, 0) is 59.2 Å². The van der Waals surface area contributed by atoms with Crippen LogP contribution >= 0.6 is 0 Å². The minimum absolute atomic E-state index is 0.0146. The standard InChI is InChI=1S/C23H26N6O16S5/c1-14-17(13-24)22(26-8-11-46(30,31)12-10-45-50(41,42)43)27-23(25-7-9-44-49(38,39)40)20(14)29-28-18-6-5-15-16(21(18)48(35,36)37)3-2-4-19(15)47(32,33)34/h2-6H,7-12H2,1H3,(H2,25,26,27)(H,32,33,34)(H,35,36,37)(H,38,39,40)(H,41,42,43). The molecule has 0 saturated heterocycles. The largest absolute Gasteiger partial charge is 0.397 e. The highest BCUT2D eigenvalue weighted by Gasteiger charge is 2.25. The van der Waals surface area contributed by atoms with Gasteiger partial charge >= 0.3 is 20.8 Å². The number of sulfone groups is 1. The molecule has 0 unspecified atom stereocenters. The molecule has 0 aliphatic rings. The second-order valence-electron chi connectivity index (χ2n) is 9.69. The summed E-state index contributed by atoms with van der Waals surface area (Å²) in [7, 11) is -23.7. The third kappa shape index (κ3) is 11.3. The van der Waals surface area contributed by atoms with Gasteiger partial charge in [0.05, 0.1) is 30.3 Å². The number of azo groups is 1. The Morgan fingerprint density at radius 3 is 1.96 bits per heavy atom. The van der Waals surface area contributed by atoms with E-state index in [1.807, 2.05) is 6.07 Å². The Balaban J connectivity index is 2.09. The van der Waals surface area contributed by atoms with Crippen LogP contribution in [0.15, 0.2) is 50.4 Å². The van der Waals surface area contributed by atoms with Crippen LogP contribution in [0.5, 0.6) is 0 Å². The van der Waals surface area contributed by atoms with Crippen LogP contribution in [0.3, 0.4) is 0 Å². The molecule has 274 valence electrons. The van der Waals surface area contributed by atoms with Gasteiger partial charge in [-0.2, -0.15) is 38.9 Å². The van der Waals surface area contributed by atoms with E-state index in [0.717, 1.165) is 30.3 Å². The van der Waals surface area contributed by atoms with Crippen molar-refractivity contribution in [2.24, 2.45) is 10.2 Å². The molecular formula is C23H26N6O16S5. The molecule has 0 bridgehead atoms. The molecule has 1 heterocycles. The molecule has 0 atom stereocenters. The molecule has 0 aliphatic heterocycles. The van der Waals surface area contributed by atoms with Crippen molar-refractivity contribution >= 4 is 84.7 Å². The zero-order valence-electron chi connectivity index (χ0n) is 25.1. The fourth-order valence-corrected chi connectivity index (χ4v) is 7.37. The van der Waals surface area contributed by atoms with Gasteiger partial charge in [-0.1, -0.05) is 18.2 Å². The average Bonchev–Trinajstić information content (AvgIpc) is 2.96. The summed E-state index contributed by atoms with van der Waals surface area (Å²) in [6.07, 6.45) is 0. The van der Waals surface area contributed by atoms with E-state index >= 15 is 0 Å². The molecule has 0 amide bonds. The minimum Gasteiger partial charge on any atom is -0.368 e. The van der Waals surface area contributed by atoms with E-state index in [2.05, 4.69) is 34.2 Å². The molecule has 6 N–H and O–H groups in total. The Labute approximate surface area is 285 Å². The van der Waals surface area contributed by atoms with E-state index in [-0.39, 0.29) is 39.2 Å². The minimum atomic E-state index is -5.15. The van der Waals surface area contributed by atoms with Gasteiger partial charge in [-0.15, -0.1) is 10.2 Å². The van der Waals surface area contributed by atoms with E-state index in [4.69, 9.17) is 9.11 Å². The molecule has 3 rings (SSSR count). The number of rotatable bonds is 17. The molecule has 3 aromatic rings. The normalized spacial score (nSPS) is 13.0. The Kier molecular flexibility index (Phi) is 12.6. The molecule has 0 radical (unpaired) electrons. The summed E-state index contributed by atoms with van der Waals surface area (Å²) < 4.78 is 162. The second kappa shape index (κ2) is 15.5. The first-order valence-electron chi connectivity index (χ1n) is 13.2. The molecule has 0 spiro atoms. The topological polar surface area (TPSA) is 356 Å². The summed E-state index contributed by atoms with van der Waals surface area (Å²) in [5.74, 6) is -1.96. The number of nitrogens with zero attached hydrogens (tertiary/aromatic N) is 4. The summed E-state index contributed by atoms with van der Waals surface area (Å²) >= 11 is 0. The maximum absolute atomic E-state index is 12.4. The highest BCUT2D eigenvalue weighted by Crippen LogP contribution is 2.38. The van der Waals surface area contributed by atoms with Crippen molar-refractivity contribution in [2.45, 2.75) is 16.7 Å². The van der Waals surface area contributed by atoms with Crippen molar-refractivity contribution in [3.63, 3.8) is 0 Å². The zero-order chi connectivity index (χ0) is 37.7. The van der Waals surface area contributed by atoms with Gasteiger partial charge in [0.25, 0.3) is 20.2 Å². The molecule has 1 aromatic heterocycles. The van der Waals surface area contributed by atoms with Gasteiger partial charge in [-0.05, 0) is 19.1 Å². The van der Waals surface area contributed by atoms with Crippen LogP contribution < -0.4 is 10.6 Å². The number of hydrogen-bond donors (Lipinski definition) is 6. The lowest BCUT2D eigenvalue weighted by Gasteiger charge is -2.16. The number of aromatic nitrogens is 1. The predicted octanol–water partition coefficient (Wildman–Crippen LogP) is 1.20. The van der Waals surface area contributed by atoms with Gasteiger partial charge in [0.1, 0.15) is 33.1 Å². The van der Waals surface area contributed by atoms with Crippen LogP contribution in [0.25, 0.3) is 10.8 Å². The molecule has 0 aliphatic carbocycles. The first-order valence-corrected chi connectivity index (χ1v) is 20.7. The first-order chi connectivity index (χ1) is 22.9. The van der Waals surface area contributed by atoms with Crippen molar-refractivity contribution in [3.05, 3.63) is 41.5 Å². The molecule has 50 heavy (non-hydrogen) atoms. The number of hydrogen-bond acceptors (Lipinski definition) is 18. The third-order valence-corrected chi connectivity index (χ3v) is 10.6. The number of anilines is 2. The maximum atomic E-state index is 12.4. The van der Waals surface area contributed by atoms with E-state index < -0.39 is 104 Å². The van der Waals surface area contributed by atoms with E-state index in [0.29, 0.717) is 0 Å². The van der Waals surface area contributed by atoms with Gasteiger partial charge in [0.2, 0.25) is 0 Å². The van der Waals surface area contributed by atoms with Gasteiger partial charge in [-0.3, -0.25) is 18.2 Å². The highest BCUT2D eigenvalue weighted by atomic mass is 32.3.